The molecular weight excluding hydrogens is 426 g/mol. The first-order valence-corrected chi connectivity index (χ1v) is 13.1. The molecule has 3 heterocycles. The van der Waals surface area contributed by atoms with Crippen molar-refractivity contribution in [2.24, 2.45) is 5.92 Å². The van der Waals surface area contributed by atoms with Crippen LogP contribution in [-0.4, -0.2) is 52.9 Å². The van der Waals surface area contributed by atoms with Gasteiger partial charge >= 0.3 is 0 Å². The van der Waals surface area contributed by atoms with Crippen LogP contribution in [0.4, 0.5) is 11.6 Å². The maximum atomic E-state index is 9.35. The van der Waals surface area contributed by atoms with Crippen molar-refractivity contribution < 1.29 is 9.84 Å². The Labute approximate surface area is 205 Å². The first-order valence-electron chi connectivity index (χ1n) is 13.1. The van der Waals surface area contributed by atoms with E-state index in [2.05, 4.69) is 57.0 Å². The lowest BCUT2D eigenvalue weighted by atomic mass is 9.93. The number of aromatic nitrogens is 3. The van der Waals surface area contributed by atoms with Crippen molar-refractivity contribution in [3.63, 3.8) is 0 Å². The van der Waals surface area contributed by atoms with Crippen LogP contribution in [0.1, 0.15) is 84.0 Å². The average molecular weight is 470 g/mol. The summed E-state index contributed by atoms with van der Waals surface area (Å²) in [6, 6.07) is 4.29. The molecule has 0 aromatic carbocycles. The van der Waals surface area contributed by atoms with Crippen molar-refractivity contribution >= 4 is 11.6 Å². The minimum Gasteiger partial charge on any atom is -0.472 e. The molecule has 1 aliphatic heterocycles. The Hall–Kier alpha value is -2.41. The van der Waals surface area contributed by atoms with Gasteiger partial charge in [-0.2, -0.15) is 0 Å². The molecule has 1 fully saturated rings. The van der Waals surface area contributed by atoms with Crippen LogP contribution in [0.5, 0.6) is 5.88 Å². The Balaban J connectivity index is 2.06. The van der Waals surface area contributed by atoms with Crippen molar-refractivity contribution in [2.75, 3.05) is 37.0 Å². The van der Waals surface area contributed by atoms with Gasteiger partial charge in [-0.3, -0.25) is 0 Å². The summed E-state index contributed by atoms with van der Waals surface area (Å²) in [6.45, 7) is 12.9. The predicted molar refractivity (Wildman–Crippen MR) is 140 cm³/mol. The molecule has 2 N–H and O–H groups in total. The highest BCUT2D eigenvalue weighted by Gasteiger charge is 2.26. The molecule has 0 radical (unpaired) electrons. The normalized spacial score (nSPS) is 14.8. The van der Waals surface area contributed by atoms with Crippen molar-refractivity contribution in [3.8, 4) is 17.1 Å². The fourth-order valence-corrected chi connectivity index (χ4v) is 4.60. The fourth-order valence-electron chi connectivity index (χ4n) is 4.60. The number of anilines is 2. The van der Waals surface area contributed by atoms with Crippen LogP contribution in [0.25, 0.3) is 11.3 Å². The van der Waals surface area contributed by atoms with Crippen molar-refractivity contribution in [2.45, 2.75) is 85.2 Å². The molecular formula is C27H43N5O2. The Morgan fingerprint density at radius 3 is 2.35 bits per heavy atom. The van der Waals surface area contributed by atoms with E-state index in [0.717, 1.165) is 80.1 Å². The van der Waals surface area contributed by atoms with E-state index in [9.17, 15) is 5.11 Å². The fraction of sp³-hybridized carbons (Fsp3) is 0.667. The molecule has 0 spiro atoms. The molecule has 0 unspecified atom stereocenters. The minimum absolute atomic E-state index is 0.125. The number of ether oxygens (including phenoxy) is 1. The summed E-state index contributed by atoms with van der Waals surface area (Å²) in [5.74, 6) is 3.17. The van der Waals surface area contributed by atoms with Gasteiger partial charge in [0.2, 0.25) is 0 Å². The first kappa shape index (κ1) is 26.2. The van der Waals surface area contributed by atoms with Crippen LogP contribution in [0.3, 0.4) is 0 Å². The topological polar surface area (TPSA) is 83.4 Å². The number of aryl methyl sites for hydroxylation is 1. The summed E-state index contributed by atoms with van der Waals surface area (Å²) in [6.07, 6.45) is 5.78. The standard InChI is InChI=1S/C27H43N5O2/c1-7-20(8-2)34-27-25(28-6)31-24(22(9-3)30-27)21-10-11-23(18(4)5)29-26(21)32-15-12-19(13-16-32)14-17-33/h10-11,18-20,33H,7-9,12-17H2,1-6H3,(H,28,31). The summed E-state index contributed by atoms with van der Waals surface area (Å²) in [5, 5.41) is 12.6. The predicted octanol–water partition coefficient (Wildman–Crippen LogP) is 5.43. The number of nitrogens with one attached hydrogen (secondary N) is 1. The third kappa shape index (κ3) is 5.98. The van der Waals surface area contributed by atoms with Gasteiger partial charge in [0.25, 0.3) is 5.88 Å². The van der Waals surface area contributed by atoms with E-state index in [1.165, 1.54) is 0 Å². The van der Waals surface area contributed by atoms with Gasteiger partial charge in [-0.05, 0) is 62.5 Å². The number of piperidine rings is 1. The highest BCUT2D eigenvalue weighted by atomic mass is 16.5. The first-order chi connectivity index (χ1) is 16.4. The zero-order valence-corrected chi connectivity index (χ0v) is 21.9. The van der Waals surface area contributed by atoms with Crippen molar-refractivity contribution in [1.29, 1.82) is 0 Å². The van der Waals surface area contributed by atoms with Crippen molar-refractivity contribution in [3.05, 3.63) is 23.5 Å². The second kappa shape index (κ2) is 12.3. The van der Waals surface area contributed by atoms with Gasteiger partial charge in [0, 0.05) is 38.0 Å². The van der Waals surface area contributed by atoms with Gasteiger partial charge in [0.1, 0.15) is 11.9 Å². The van der Waals surface area contributed by atoms with Gasteiger partial charge in [-0.25, -0.2) is 15.0 Å². The molecule has 1 saturated heterocycles. The smallest absolute Gasteiger partial charge is 0.257 e. The lowest BCUT2D eigenvalue weighted by Gasteiger charge is -2.34. The Bertz CT molecular complexity index is 921. The summed E-state index contributed by atoms with van der Waals surface area (Å²) in [7, 11) is 1.87. The Morgan fingerprint density at radius 1 is 1.09 bits per heavy atom. The minimum atomic E-state index is 0.125. The third-order valence-corrected chi connectivity index (χ3v) is 6.89. The quantitative estimate of drug-likeness (QED) is 0.454. The van der Waals surface area contributed by atoms with Crippen LogP contribution < -0.4 is 15.0 Å². The van der Waals surface area contributed by atoms with Crippen LogP contribution in [0, 0.1) is 5.92 Å². The average Bonchev–Trinajstić information content (AvgIpc) is 2.87. The monoisotopic (exact) mass is 469 g/mol. The second-order valence-corrected chi connectivity index (χ2v) is 9.54. The molecule has 0 saturated carbocycles. The van der Waals surface area contributed by atoms with E-state index < -0.39 is 0 Å². The van der Waals surface area contributed by atoms with E-state index in [0.29, 0.717) is 23.5 Å². The molecule has 3 rings (SSSR count). The van der Waals surface area contributed by atoms with E-state index in [1.807, 2.05) is 7.05 Å². The van der Waals surface area contributed by atoms with Gasteiger partial charge < -0.3 is 20.1 Å². The molecule has 2 aromatic rings. The zero-order valence-electron chi connectivity index (χ0n) is 21.9. The number of nitrogens with zero attached hydrogens (tertiary/aromatic N) is 4. The van der Waals surface area contributed by atoms with Crippen LogP contribution in [0.2, 0.25) is 0 Å². The third-order valence-electron chi connectivity index (χ3n) is 6.89. The van der Waals surface area contributed by atoms with Crippen molar-refractivity contribution in [1.82, 2.24) is 15.0 Å². The molecule has 0 bridgehead atoms. The highest BCUT2D eigenvalue weighted by molar-refractivity contribution is 5.76. The Morgan fingerprint density at radius 2 is 1.79 bits per heavy atom. The maximum absolute atomic E-state index is 9.35. The van der Waals surface area contributed by atoms with E-state index in [4.69, 9.17) is 19.7 Å². The van der Waals surface area contributed by atoms with Gasteiger partial charge in [-0.15, -0.1) is 0 Å². The van der Waals surface area contributed by atoms with Crippen LogP contribution in [-0.2, 0) is 6.42 Å². The number of hydrogen-bond donors (Lipinski definition) is 2. The van der Waals surface area contributed by atoms with Crippen LogP contribution >= 0.6 is 0 Å². The summed E-state index contributed by atoms with van der Waals surface area (Å²) in [5.41, 5.74) is 3.92. The van der Waals surface area contributed by atoms with E-state index in [-0.39, 0.29) is 12.7 Å². The summed E-state index contributed by atoms with van der Waals surface area (Å²) < 4.78 is 6.22. The molecule has 0 amide bonds. The molecule has 0 aliphatic carbocycles. The highest BCUT2D eigenvalue weighted by Crippen LogP contribution is 2.36. The number of pyridine rings is 1. The number of aliphatic hydroxyl groups is 1. The number of hydrogen-bond acceptors (Lipinski definition) is 7. The molecule has 7 heteroatoms. The zero-order chi connectivity index (χ0) is 24.7. The largest absolute Gasteiger partial charge is 0.472 e. The molecule has 2 aromatic heterocycles. The number of aliphatic hydroxyl groups excluding tert-OH is 1. The number of rotatable bonds is 11. The van der Waals surface area contributed by atoms with Gasteiger partial charge in [0.05, 0.1) is 11.4 Å². The van der Waals surface area contributed by atoms with Gasteiger partial charge in [0.15, 0.2) is 5.82 Å². The second-order valence-electron chi connectivity index (χ2n) is 9.54. The SMILES string of the molecule is CCc1nc(OC(CC)CC)c(NC)nc1-c1ccc(C(C)C)nc1N1CCC(CCO)CC1. The molecule has 7 nitrogen and oxygen atoms in total. The van der Waals surface area contributed by atoms with Gasteiger partial charge in [-0.1, -0.05) is 34.6 Å². The molecule has 0 atom stereocenters. The maximum Gasteiger partial charge on any atom is 0.257 e. The Kier molecular flexibility index (Phi) is 9.51. The lowest BCUT2D eigenvalue weighted by molar-refractivity contribution is 0.185. The summed E-state index contributed by atoms with van der Waals surface area (Å²) in [4.78, 5) is 17.5. The molecule has 34 heavy (non-hydrogen) atoms. The van der Waals surface area contributed by atoms with E-state index >= 15 is 0 Å². The summed E-state index contributed by atoms with van der Waals surface area (Å²) >= 11 is 0. The van der Waals surface area contributed by atoms with Crippen LogP contribution in [0.15, 0.2) is 12.1 Å². The molecule has 1 aliphatic rings. The van der Waals surface area contributed by atoms with E-state index in [1.54, 1.807) is 0 Å². The lowest BCUT2D eigenvalue weighted by Crippen LogP contribution is -2.35. The molecule has 188 valence electrons.